The number of halogens is 2. The Kier molecular flexibility index (Phi) is 7.01. The summed E-state index contributed by atoms with van der Waals surface area (Å²) in [5, 5.41) is 7.39. The number of nitrogens with zero attached hydrogens (tertiary/aromatic N) is 1. The lowest BCUT2D eigenvalue weighted by Gasteiger charge is -2.13. The van der Waals surface area contributed by atoms with Gasteiger partial charge in [-0.15, -0.1) is 0 Å². The minimum Gasteiger partial charge on any atom is -0.489 e. The zero-order valence-electron chi connectivity index (χ0n) is 18.4. The zero-order valence-corrected chi connectivity index (χ0v) is 19.9. The van der Waals surface area contributed by atoms with Crippen LogP contribution in [0.4, 0.5) is 5.69 Å². The molecule has 8 heteroatoms. The molecule has 0 saturated carbocycles. The monoisotopic (exact) mass is 494 g/mol. The van der Waals surface area contributed by atoms with E-state index in [9.17, 15) is 9.59 Å². The third kappa shape index (κ3) is 5.14. The van der Waals surface area contributed by atoms with E-state index >= 15 is 0 Å². The molecule has 1 N–H and O–H groups in total. The van der Waals surface area contributed by atoms with Crippen LogP contribution in [-0.4, -0.2) is 16.8 Å². The minimum absolute atomic E-state index is 0.236. The van der Waals surface area contributed by atoms with Gasteiger partial charge in [0.15, 0.2) is 5.78 Å². The Morgan fingerprint density at radius 2 is 1.76 bits per heavy atom. The number of anilines is 1. The van der Waals surface area contributed by atoms with E-state index in [2.05, 4.69) is 10.5 Å². The van der Waals surface area contributed by atoms with Crippen LogP contribution in [0.1, 0.15) is 43.3 Å². The van der Waals surface area contributed by atoms with E-state index in [1.54, 1.807) is 60.7 Å². The first-order chi connectivity index (χ1) is 16.3. The molecule has 1 heterocycles. The summed E-state index contributed by atoms with van der Waals surface area (Å²) in [6.07, 6.45) is 0. The van der Waals surface area contributed by atoms with Crippen molar-refractivity contribution in [2.24, 2.45) is 0 Å². The molecule has 0 spiro atoms. The van der Waals surface area contributed by atoms with Crippen LogP contribution in [0.3, 0.4) is 0 Å². The van der Waals surface area contributed by atoms with Crippen LogP contribution in [0.2, 0.25) is 10.0 Å². The van der Waals surface area contributed by atoms with Crippen molar-refractivity contribution in [1.82, 2.24) is 5.16 Å². The number of ether oxygens (including phenoxy) is 1. The van der Waals surface area contributed by atoms with E-state index in [4.69, 9.17) is 32.5 Å². The Hall–Kier alpha value is -3.61. The fourth-order valence-corrected chi connectivity index (χ4v) is 3.78. The van der Waals surface area contributed by atoms with Gasteiger partial charge in [0.1, 0.15) is 18.1 Å². The quantitative estimate of drug-likeness (QED) is 0.290. The van der Waals surface area contributed by atoms with Gasteiger partial charge in [-0.2, -0.15) is 0 Å². The highest BCUT2D eigenvalue weighted by Crippen LogP contribution is 2.27. The molecule has 0 bridgehead atoms. The summed E-state index contributed by atoms with van der Waals surface area (Å²) >= 11 is 12.3. The van der Waals surface area contributed by atoms with Gasteiger partial charge in [-0.1, -0.05) is 46.6 Å². The van der Waals surface area contributed by atoms with Gasteiger partial charge in [0.05, 0.1) is 22.0 Å². The van der Waals surface area contributed by atoms with E-state index in [0.717, 1.165) is 11.3 Å². The van der Waals surface area contributed by atoms with Crippen LogP contribution >= 0.6 is 23.2 Å². The summed E-state index contributed by atoms with van der Waals surface area (Å²) in [5.41, 5.74) is 2.85. The molecule has 4 aromatic rings. The number of carbonyl (C=O) groups is 2. The van der Waals surface area contributed by atoms with E-state index in [1.165, 1.54) is 6.07 Å². The highest BCUT2D eigenvalue weighted by molar-refractivity contribution is 6.36. The van der Waals surface area contributed by atoms with E-state index in [0.29, 0.717) is 38.4 Å². The number of ketones is 1. The molecule has 4 rings (SSSR count). The van der Waals surface area contributed by atoms with Crippen molar-refractivity contribution in [2.75, 3.05) is 5.32 Å². The Balaban J connectivity index is 1.55. The largest absolute Gasteiger partial charge is 0.489 e. The molecular weight excluding hydrogens is 475 g/mol. The lowest BCUT2D eigenvalue weighted by atomic mass is 10.0. The summed E-state index contributed by atoms with van der Waals surface area (Å²) in [5.74, 6) is 0.444. The molecule has 0 aliphatic rings. The topological polar surface area (TPSA) is 81.4 Å². The third-order valence-electron chi connectivity index (χ3n) is 5.25. The Labute approximate surface area is 206 Å². The van der Waals surface area contributed by atoms with Gasteiger partial charge in [-0.25, -0.2) is 0 Å². The zero-order chi connectivity index (χ0) is 24.2. The number of aromatic nitrogens is 1. The van der Waals surface area contributed by atoms with E-state index < -0.39 is 5.91 Å². The van der Waals surface area contributed by atoms with E-state index in [-0.39, 0.29) is 18.0 Å². The number of aryl methyl sites for hydroxylation is 2. The van der Waals surface area contributed by atoms with Gasteiger partial charge in [-0.3, -0.25) is 9.59 Å². The van der Waals surface area contributed by atoms with E-state index in [1.807, 2.05) is 13.8 Å². The average molecular weight is 495 g/mol. The summed E-state index contributed by atoms with van der Waals surface area (Å²) < 4.78 is 11.0. The van der Waals surface area contributed by atoms with Crippen molar-refractivity contribution in [2.45, 2.75) is 20.5 Å². The molecule has 0 saturated heterocycles. The van der Waals surface area contributed by atoms with Crippen molar-refractivity contribution in [3.05, 3.63) is 110 Å². The lowest BCUT2D eigenvalue weighted by Crippen LogP contribution is -2.15. The van der Waals surface area contributed by atoms with Crippen LogP contribution in [0.25, 0.3) is 0 Å². The molecule has 1 aromatic heterocycles. The predicted molar refractivity (Wildman–Crippen MR) is 131 cm³/mol. The molecule has 34 heavy (non-hydrogen) atoms. The maximum atomic E-state index is 13.1. The van der Waals surface area contributed by atoms with Crippen LogP contribution in [0, 0.1) is 13.8 Å². The number of benzene rings is 3. The molecule has 1 amide bonds. The van der Waals surface area contributed by atoms with Gasteiger partial charge in [0, 0.05) is 21.7 Å². The fraction of sp³-hybridized carbons (Fsp3) is 0.115. The molecule has 172 valence electrons. The lowest BCUT2D eigenvalue weighted by molar-refractivity contribution is 0.102. The summed E-state index contributed by atoms with van der Waals surface area (Å²) in [7, 11) is 0. The highest BCUT2D eigenvalue weighted by atomic mass is 35.5. The maximum Gasteiger partial charge on any atom is 0.255 e. The first-order valence-corrected chi connectivity index (χ1v) is 11.1. The number of carbonyl (C=O) groups excluding carboxylic acids is 2. The minimum atomic E-state index is -0.404. The summed E-state index contributed by atoms with van der Waals surface area (Å²) in [6, 6.07) is 18.2. The second kappa shape index (κ2) is 10.1. The molecule has 0 aliphatic heterocycles. The second-order valence-corrected chi connectivity index (χ2v) is 8.42. The SMILES string of the molecule is Cc1noc(C)c1COc1cccc(C(=O)Nc2ccc(Cl)cc2C(=O)c2ccccc2Cl)c1. The molecule has 0 aliphatic carbocycles. The molecule has 6 nitrogen and oxygen atoms in total. The average Bonchev–Trinajstić information content (AvgIpc) is 3.16. The number of nitrogens with one attached hydrogen (secondary N) is 1. The normalized spacial score (nSPS) is 10.7. The standard InChI is InChI=1S/C26H20Cl2N2O4/c1-15-22(16(2)34-30-15)14-33-19-7-5-6-17(12-19)26(32)29-24-11-10-18(27)13-21(24)25(31)20-8-3-4-9-23(20)28/h3-13H,14H2,1-2H3,(H,29,32). The van der Waals surface area contributed by atoms with Crippen molar-refractivity contribution in [1.29, 1.82) is 0 Å². The predicted octanol–water partition coefficient (Wildman–Crippen LogP) is 6.66. The van der Waals surface area contributed by atoms with Gasteiger partial charge in [0.2, 0.25) is 0 Å². The smallest absolute Gasteiger partial charge is 0.255 e. The van der Waals surface area contributed by atoms with Gasteiger partial charge in [0.25, 0.3) is 5.91 Å². The summed E-state index contributed by atoms with van der Waals surface area (Å²) in [4.78, 5) is 26.1. The maximum absolute atomic E-state index is 13.1. The first-order valence-electron chi connectivity index (χ1n) is 10.4. The van der Waals surface area contributed by atoms with Crippen molar-refractivity contribution < 1.29 is 18.8 Å². The van der Waals surface area contributed by atoms with Crippen LogP contribution in [0.15, 0.2) is 71.3 Å². The molecule has 3 aromatic carbocycles. The highest BCUT2D eigenvalue weighted by Gasteiger charge is 2.19. The third-order valence-corrected chi connectivity index (χ3v) is 5.82. The number of rotatable bonds is 7. The number of hydrogen-bond donors (Lipinski definition) is 1. The Morgan fingerprint density at radius 1 is 0.971 bits per heavy atom. The second-order valence-electron chi connectivity index (χ2n) is 7.57. The van der Waals surface area contributed by atoms with Crippen molar-refractivity contribution >= 4 is 40.6 Å². The molecule has 0 atom stereocenters. The van der Waals surface area contributed by atoms with Crippen LogP contribution in [-0.2, 0) is 6.61 Å². The van der Waals surface area contributed by atoms with Crippen LogP contribution in [0.5, 0.6) is 5.75 Å². The first kappa shape index (κ1) is 23.5. The number of hydrogen-bond acceptors (Lipinski definition) is 5. The Morgan fingerprint density at radius 3 is 2.50 bits per heavy atom. The molecule has 0 radical (unpaired) electrons. The summed E-state index contributed by atoms with van der Waals surface area (Å²) in [6.45, 7) is 3.92. The van der Waals surface area contributed by atoms with Gasteiger partial charge < -0.3 is 14.6 Å². The van der Waals surface area contributed by atoms with Gasteiger partial charge in [-0.05, 0) is 62.4 Å². The van der Waals surface area contributed by atoms with Crippen molar-refractivity contribution in [3.8, 4) is 5.75 Å². The molecule has 0 unspecified atom stereocenters. The van der Waals surface area contributed by atoms with Crippen LogP contribution < -0.4 is 10.1 Å². The number of amides is 1. The molecular formula is C26H20Cl2N2O4. The van der Waals surface area contributed by atoms with Crippen molar-refractivity contribution in [3.63, 3.8) is 0 Å². The fourth-order valence-electron chi connectivity index (χ4n) is 3.39. The molecule has 0 fully saturated rings. The Bertz CT molecular complexity index is 1360. The van der Waals surface area contributed by atoms with Gasteiger partial charge >= 0.3 is 0 Å².